The summed E-state index contributed by atoms with van der Waals surface area (Å²) < 4.78 is 0. The minimum Gasteiger partial charge on any atom is -0.379 e. The molecule has 94 valence electrons. The molecule has 1 unspecified atom stereocenters. The SMILES string of the molecule is CC1(C)CSCC(Nc2c(Cl)cccc2Cl)C1. The molecule has 0 bridgehead atoms. The molecule has 0 spiro atoms. The van der Waals surface area contributed by atoms with Crippen LogP contribution in [-0.2, 0) is 0 Å². The second kappa shape index (κ2) is 5.29. The number of halogens is 2. The largest absolute Gasteiger partial charge is 0.379 e. The van der Waals surface area contributed by atoms with Gasteiger partial charge in [-0.3, -0.25) is 0 Å². The molecule has 1 saturated heterocycles. The van der Waals surface area contributed by atoms with Crippen LogP contribution in [0.15, 0.2) is 18.2 Å². The zero-order valence-corrected chi connectivity index (χ0v) is 12.4. The van der Waals surface area contributed by atoms with Gasteiger partial charge in [-0.2, -0.15) is 11.8 Å². The van der Waals surface area contributed by atoms with Crippen molar-refractivity contribution in [3.05, 3.63) is 28.2 Å². The maximum atomic E-state index is 6.17. The van der Waals surface area contributed by atoms with E-state index in [-0.39, 0.29) is 0 Å². The first-order valence-electron chi connectivity index (χ1n) is 5.76. The molecule has 1 heterocycles. The van der Waals surface area contributed by atoms with Crippen molar-refractivity contribution in [2.45, 2.75) is 26.3 Å². The molecule has 0 saturated carbocycles. The average Bonchev–Trinajstić information content (AvgIpc) is 2.22. The minimum atomic E-state index is 0.383. The lowest BCUT2D eigenvalue weighted by Gasteiger charge is -2.35. The second-order valence-electron chi connectivity index (χ2n) is 5.32. The third-order valence-electron chi connectivity index (χ3n) is 2.92. The molecule has 0 aliphatic carbocycles. The predicted molar refractivity (Wildman–Crippen MR) is 79.6 cm³/mol. The van der Waals surface area contributed by atoms with Gasteiger partial charge in [0, 0.05) is 11.8 Å². The van der Waals surface area contributed by atoms with Gasteiger partial charge in [0.1, 0.15) is 0 Å². The van der Waals surface area contributed by atoms with Crippen LogP contribution in [0.5, 0.6) is 0 Å². The highest BCUT2D eigenvalue weighted by Crippen LogP contribution is 2.37. The van der Waals surface area contributed by atoms with E-state index in [1.807, 2.05) is 30.0 Å². The topological polar surface area (TPSA) is 12.0 Å². The monoisotopic (exact) mass is 289 g/mol. The smallest absolute Gasteiger partial charge is 0.0721 e. The Kier molecular flexibility index (Phi) is 4.17. The Bertz CT molecular complexity index is 386. The molecule has 1 aliphatic rings. The minimum absolute atomic E-state index is 0.383. The summed E-state index contributed by atoms with van der Waals surface area (Å²) in [4.78, 5) is 0. The van der Waals surface area contributed by atoms with Crippen LogP contribution in [0.3, 0.4) is 0 Å². The van der Waals surface area contributed by atoms with Crippen molar-refractivity contribution in [3.8, 4) is 0 Å². The van der Waals surface area contributed by atoms with E-state index in [2.05, 4.69) is 19.2 Å². The number of hydrogen-bond donors (Lipinski definition) is 1. The summed E-state index contributed by atoms with van der Waals surface area (Å²) in [5.74, 6) is 2.34. The van der Waals surface area contributed by atoms with E-state index in [0.717, 1.165) is 17.9 Å². The van der Waals surface area contributed by atoms with Gasteiger partial charge >= 0.3 is 0 Å². The van der Waals surface area contributed by atoms with E-state index in [9.17, 15) is 0 Å². The van der Waals surface area contributed by atoms with Crippen LogP contribution in [0.25, 0.3) is 0 Å². The molecule has 4 heteroatoms. The Morgan fingerprint density at radius 2 is 1.94 bits per heavy atom. The van der Waals surface area contributed by atoms with Crippen molar-refractivity contribution in [1.82, 2.24) is 0 Å². The zero-order chi connectivity index (χ0) is 12.5. The Morgan fingerprint density at radius 3 is 2.53 bits per heavy atom. The highest BCUT2D eigenvalue weighted by atomic mass is 35.5. The van der Waals surface area contributed by atoms with E-state index in [1.165, 1.54) is 5.75 Å². The summed E-state index contributed by atoms with van der Waals surface area (Å²) in [5, 5.41) is 4.89. The number of benzene rings is 1. The summed E-state index contributed by atoms with van der Waals surface area (Å²) in [5.41, 5.74) is 1.26. The number of rotatable bonds is 2. The first-order chi connectivity index (χ1) is 7.98. The molecule has 1 fully saturated rings. The van der Waals surface area contributed by atoms with Gasteiger partial charge in [-0.05, 0) is 29.7 Å². The Morgan fingerprint density at radius 1 is 1.29 bits per heavy atom. The fraction of sp³-hybridized carbons (Fsp3) is 0.538. The molecule has 1 N–H and O–H groups in total. The van der Waals surface area contributed by atoms with Crippen molar-refractivity contribution in [2.75, 3.05) is 16.8 Å². The van der Waals surface area contributed by atoms with Gasteiger partial charge in [-0.1, -0.05) is 43.1 Å². The Balaban J connectivity index is 2.10. The van der Waals surface area contributed by atoms with Gasteiger partial charge in [0.2, 0.25) is 0 Å². The number of para-hydroxylation sites is 1. The van der Waals surface area contributed by atoms with E-state index in [4.69, 9.17) is 23.2 Å². The van der Waals surface area contributed by atoms with Crippen LogP contribution in [0.4, 0.5) is 5.69 Å². The molecule has 1 aliphatic heterocycles. The van der Waals surface area contributed by atoms with Gasteiger partial charge in [0.25, 0.3) is 0 Å². The third kappa shape index (κ3) is 3.46. The molecule has 0 aromatic heterocycles. The maximum absolute atomic E-state index is 6.17. The first-order valence-corrected chi connectivity index (χ1v) is 7.67. The van der Waals surface area contributed by atoms with Gasteiger partial charge in [0.05, 0.1) is 15.7 Å². The quantitative estimate of drug-likeness (QED) is 0.828. The molecule has 0 radical (unpaired) electrons. The van der Waals surface area contributed by atoms with Crippen molar-refractivity contribution in [3.63, 3.8) is 0 Å². The fourth-order valence-corrected chi connectivity index (χ4v) is 3.98. The van der Waals surface area contributed by atoms with Crippen LogP contribution in [0.1, 0.15) is 20.3 Å². The van der Waals surface area contributed by atoms with Crippen molar-refractivity contribution in [2.24, 2.45) is 5.41 Å². The number of nitrogens with one attached hydrogen (secondary N) is 1. The predicted octanol–water partition coefficient (Wildman–Crippen LogP) is 4.94. The molecule has 2 rings (SSSR count). The molecule has 1 aromatic rings. The summed E-state index contributed by atoms with van der Waals surface area (Å²) in [6.45, 7) is 4.62. The normalized spacial score (nSPS) is 23.4. The molecule has 1 atom stereocenters. The highest BCUT2D eigenvalue weighted by Gasteiger charge is 2.28. The van der Waals surface area contributed by atoms with Gasteiger partial charge in [-0.15, -0.1) is 0 Å². The lowest BCUT2D eigenvalue weighted by atomic mass is 9.88. The van der Waals surface area contributed by atoms with E-state index >= 15 is 0 Å². The van der Waals surface area contributed by atoms with Crippen LogP contribution in [0, 0.1) is 5.41 Å². The van der Waals surface area contributed by atoms with Crippen LogP contribution < -0.4 is 5.32 Å². The van der Waals surface area contributed by atoms with Crippen LogP contribution in [-0.4, -0.2) is 17.5 Å². The first kappa shape index (κ1) is 13.4. The van der Waals surface area contributed by atoms with Crippen LogP contribution >= 0.6 is 35.0 Å². The fourth-order valence-electron chi connectivity index (χ4n) is 2.19. The average molecular weight is 290 g/mol. The molecular weight excluding hydrogens is 273 g/mol. The van der Waals surface area contributed by atoms with Gasteiger partial charge in [-0.25, -0.2) is 0 Å². The lowest BCUT2D eigenvalue weighted by molar-refractivity contribution is 0.358. The summed E-state index contributed by atoms with van der Waals surface area (Å²) >= 11 is 14.3. The number of hydrogen-bond acceptors (Lipinski definition) is 2. The summed E-state index contributed by atoms with van der Waals surface area (Å²) in [6.07, 6.45) is 1.15. The molecule has 1 nitrogen and oxygen atoms in total. The molecule has 1 aromatic carbocycles. The number of anilines is 1. The van der Waals surface area contributed by atoms with Crippen molar-refractivity contribution in [1.29, 1.82) is 0 Å². The van der Waals surface area contributed by atoms with E-state index in [1.54, 1.807) is 0 Å². The second-order valence-corrected chi connectivity index (χ2v) is 7.17. The maximum Gasteiger partial charge on any atom is 0.0721 e. The number of thioether (sulfide) groups is 1. The van der Waals surface area contributed by atoms with Crippen molar-refractivity contribution < 1.29 is 0 Å². The Hall–Kier alpha value is -0.0500. The van der Waals surface area contributed by atoms with Crippen LogP contribution in [0.2, 0.25) is 10.0 Å². The van der Waals surface area contributed by atoms with Gasteiger partial charge < -0.3 is 5.32 Å². The van der Waals surface area contributed by atoms with E-state index < -0.39 is 0 Å². The summed E-state index contributed by atoms with van der Waals surface area (Å²) in [6, 6.07) is 6.06. The Labute approximate surface area is 117 Å². The molecule has 0 amide bonds. The highest BCUT2D eigenvalue weighted by molar-refractivity contribution is 7.99. The van der Waals surface area contributed by atoms with E-state index in [0.29, 0.717) is 21.5 Å². The molecule has 17 heavy (non-hydrogen) atoms. The standard InChI is InChI=1S/C13H17Cl2NS/c1-13(2)6-9(7-17-8-13)16-12-10(14)4-3-5-11(12)15/h3-5,9,16H,6-8H2,1-2H3. The zero-order valence-electron chi connectivity index (χ0n) is 10.1. The third-order valence-corrected chi connectivity index (χ3v) is 5.18. The van der Waals surface area contributed by atoms with Gasteiger partial charge in [0.15, 0.2) is 0 Å². The summed E-state index contributed by atoms with van der Waals surface area (Å²) in [7, 11) is 0. The molecular formula is C13H17Cl2NS. The lowest BCUT2D eigenvalue weighted by Crippen LogP contribution is -2.35. The van der Waals surface area contributed by atoms with Crippen molar-refractivity contribution >= 4 is 40.7 Å².